The maximum absolute atomic E-state index is 12.3. The Kier molecular flexibility index (Phi) is 3.93. The van der Waals surface area contributed by atoms with Crippen molar-refractivity contribution in [3.05, 3.63) is 46.8 Å². The molecule has 102 valence electrons. The topological polar surface area (TPSA) is 63.4 Å². The van der Waals surface area contributed by atoms with Gasteiger partial charge in [0.15, 0.2) is 0 Å². The lowest BCUT2D eigenvalue weighted by Crippen LogP contribution is -2.25. The van der Waals surface area contributed by atoms with Gasteiger partial charge in [-0.3, -0.25) is 0 Å². The summed E-state index contributed by atoms with van der Waals surface area (Å²) in [5.41, 5.74) is 8.14. The number of hydrogen-bond acceptors (Lipinski definition) is 4. The third-order valence-corrected chi connectivity index (χ3v) is 5.98. The summed E-state index contributed by atoms with van der Waals surface area (Å²) >= 11 is 1.14. The predicted molar refractivity (Wildman–Crippen MR) is 78.6 cm³/mol. The number of nitrogens with zero attached hydrogens (tertiary/aromatic N) is 1. The second-order valence-corrected chi connectivity index (χ2v) is 7.63. The van der Waals surface area contributed by atoms with Crippen LogP contribution in [-0.2, 0) is 16.6 Å². The first kappa shape index (κ1) is 14.0. The molecule has 0 fully saturated rings. The van der Waals surface area contributed by atoms with E-state index >= 15 is 0 Å². The highest BCUT2D eigenvalue weighted by Crippen LogP contribution is 2.25. The molecule has 0 saturated carbocycles. The van der Waals surface area contributed by atoms with E-state index in [2.05, 4.69) is 0 Å². The number of rotatable bonds is 4. The predicted octanol–water partition coefficient (Wildman–Crippen LogP) is 2.46. The molecule has 0 saturated heterocycles. The second kappa shape index (κ2) is 5.32. The van der Waals surface area contributed by atoms with E-state index in [1.165, 1.54) is 10.4 Å². The molecule has 2 aromatic rings. The molecule has 0 aliphatic heterocycles. The molecule has 0 aliphatic rings. The Morgan fingerprint density at radius 2 is 2.05 bits per heavy atom. The van der Waals surface area contributed by atoms with Gasteiger partial charge in [0.1, 0.15) is 4.21 Å². The number of hydrogen-bond donors (Lipinski definition) is 1. The smallest absolute Gasteiger partial charge is 0.252 e. The van der Waals surface area contributed by atoms with Gasteiger partial charge in [0.05, 0.1) is 0 Å². The highest BCUT2D eigenvalue weighted by molar-refractivity contribution is 7.91. The van der Waals surface area contributed by atoms with Crippen molar-refractivity contribution in [2.75, 3.05) is 12.8 Å². The molecule has 4 nitrogen and oxygen atoms in total. The van der Waals surface area contributed by atoms with Crippen LogP contribution in [0.5, 0.6) is 0 Å². The zero-order valence-corrected chi connectivity index (χ0v) is 12.5. The summed E-state index contributed by atoms with van der Waals surface area (Å²) in [7, 11) is -1.88. The Morgan fingerprint density at radius 1 is 1.32 bits per heavy atom. The first-order chi connectivity index (χ1) is 8.89. The maximum Gasteiger partial charge on any atom is 0.252 e. The van der Waals surface area contributed by atoms with E-state index in [0.29, 0.717) is 12.2 Å². The third kappa shape index (κ3) is 3.15. The molecule has 0 radical (unpaired) electrons. The van der Waals surface area contributed by atoms with Crippen LogP contribution in [0, 0.1) is 6.92 Å². The van der Waals surface area contributed by atoms with Crippen LogP contribution >= 0.6 is 11.3 Å². The van der Waals surface area contributed by atoms with E-state index in [1.807, 2.05) is 31.2 Å². The van der Waals surface area contributed by atoms with Gasteiger partial charge in [0, 0.05) is 24.7 Å². The second-order valence-electron chi connectivity index (χ2n) is 4.45. The summed E-state index contributed by atoms with van der Waals surface area (Å²) in [4.78, 5) is 0. The first-order valence-corrected chi connectivity index (χ1v) is 8.07. The van der Waals surface area contributed by atoms with Crippen molar-refractivity contribution >= 4 is 27.0 Å². The Balaban J connectivity index is 2.22. The summed E-state index contributed by atoms with van der Waals surface area (Å²) in [5.74, 6) is 0. The number of anilines is 1. The lowest BCUT2D eigenvalue weighted by atomic mass is 10.1. The molecule has 0 amide bonds. The van der Waals surface area contributed by atoms with Crippen molar-refractivity contribution in [1.82, 2.24) is 4.31 Å². The number of nitrogens with two attached hydrogens (primary N) is 1. The van der Waals surface area contributed by atoms with Crippen LogP contribution in [0.25, 0.3) is 0 Å². The molecule has 0 aliphatic carbocycles. The van der Waals surface area contributed by atoms with E-state index in [1.54, 1.807) is 12.4 Å². The molecular weight excluding hydrogens is 280 g/mol. The van der Waals surface area contributed by atoms with Crippen LogP contribution in [0.15, 0.2) is 39.9 Å². The standard InChI is InChI=1S/C13H16N2O2S2/c1-10-4-3-5-11(6-10)8-15(2)19(16,17)13-7-12(14)9-18-13/h3-7,9H,8,14H2,1-2H3. The molecule has 1 aromatic carbocycles. The normalized spacial score (nSPS) is 11.9. The number of thiophene rings is 1. The van der Waals surface area contributed by atoms with Gasteiger partial charge < -0.3 is 5.73 Å². The fraction of sp³-hybridized carbons (Fsp3) is 0.231. The number of sulfonamides is 1. The minimum Gasteiger partial charge on any atom is -0.398 e. The van der Waals surface area contributed by atoms with Gasteiger partial charge in [0.2, 0.25) is 0 Å². The highest BCUT2D eigenvalue weighted by Gasteiger charge is 2.22. The molecule has 0 unspecified atom stereocenters. The fourth-order valence-electron chi connectivity index (χ4n) is 1.77. The van der Waals surface area contributed by atoms with Crippen molar-refractivity contribution in [3.8, 4) is 0 Å². The zero-order valence-electron chi connectivity index (χ0n) is 10.8. The van der Waals surface area contributed by atoms with Crippen LogP contribution in [0.1, 0.15) is 11.1 Å². The zero-order chi connectivity index (χ0) is 14.0. The van der Waals surface area contributed by atoms with Crippen molar-refractivity contribution in [2.45, 2.75) is 17.7 Å². The van der Waals surface area contributed by atoms with Crippen LogP contribution < -0.4 is 5.73 Å². The van der Waals surface area contributed by atoms with Gasteiger partial charge in [-0.15, -0.1) is 11.3 Å². The molecule has 0 atom stereocenters. The molecule has 2 N–H and O–H groups in total. The van der Waals surface area contributed by atoms with Crippen LogP contribution in [0.2, 0.25) is 0 Å². The van der Waals surface area contributed by atoms with Gasteiger partial charge in [-0.1, -0.05) is 29.8 Å². The molecule has 0 bridgehead atoms. The third-order valence-electron chi connectivity index (χ3n) is 2.75. The minimum absolute atomic E-state index is 0.278. The Bertz CT molecular complexity index is 677. The van der Waals surface area contributed by atoms with Gasteiger partial charge >= 0.3 is 0 Å². The van der Waals surface area contributed by atoms with Gasteiger partial charge in [0.25, 0.3) is 10.0 Å². The van der Waals surface area contributed by atoms with E-state index in [-0.39, 0.29) is 4.21 Å². The van der Waals surface area contributed by atoms with Crippen molar-refractivity contribution in [2.24, 2.45) is 0 Å². The lowest BCUT2D eigenvalue weighted by Gasteiger charge is -2.16. The average Bonchev–Trinajstić information content (AvgIpc) is 2.76. The minimum atomic E-state index is -3.46. The van der Waals surface area contributed by atoms with Crippen LogP contribution in [-0.4, -0.2) is 19.8 Å². The average molecular weight is 296 g/mol. The lowest BCUT2D eigenvalue weighted by molar-refractivity contribution is 0.468. The highest BCUT2D eigenvalue weighted by atomic mass is 32.2. The van der Waals surface area contributed by atoms with Gasteiger partial charge in [-0.25, -0.2) is 8.42 Å². The van der Waals surface area contributed by atoms with Crippen molar-refractivity contribution in [1.29, 1.82) is 0 Å². The van der Waals surface area contributed by atoms with E-state index < -0.39 is 10.0 Å². The van der Waals surface area contributed by atoms with Crippen molar-refractivity contribution < 1.29 is 8.42 Å². The molecule has 0 spiro atoms. The van der Waals surface area contributed by atoms with Crippen LogP contribution in [0.3, 0.4) is 0 Å². The molecule has 1 heterocycles. The maximum atomic E-state index is 12.3. The largest absolute Gasteiger partial charge is 0.398 e. The number of aryl methyl sites for hydroxylation is 1. The summed E-state index contributed by atoms with van der Waals surface area (Å²) < 4.78 is 26.2. The van der Waals surface area contributed by atoms with E-state index in [9.17, 15) is 8.42 Å². The number of benzene rings is 1. The van der Waals surface area contributed by atoms with Gasteiger partial charge in [-0.2, -0.15) is 4.31 Å². The molecule has 1 aromatic heterocycles. The van der Waals surface area contributed by atoms with Crippen LogP contribution in [0.4, 0.5) is 5.69 Å². The van der Waals surface area contributed by atoms with E-state index in [4.69, 9.17) is 5.73 Å². The first-order valence-electron chi connectivity index (χ1n) is 5.75. The van der Waals surface area contributed by atoms with E-state index in [0.717, 1.165) is 22.5 Å². The summed E-state index contributed by atoms with van der Waals surface area (Å²) in [6, 6.07) is 9.30. The Labute approximate surface area is 117 Å². The molecular formula is C13H16N2O2S2. The molecule has 2 rings (SSSR count). The quantitative estimate of drug-likeness (QED) is 0.942. The number of nitrogen functional groups attached to an aromatic ring is 1. The van der Waals surface area contributed by atoms with Crippen molar-refractivity contribution in [3.63, 3.8) is 0 Å². The Morgan fingerprint density at radius 3 is 2.63 bits per heavy atom. The van der Waals surface area contributed by atoms with Gasteiger partial charge in [-0.05, 0) is 18.6 Å². The fourth-order valence-corrected chi connectivity index (χ4v) is 4.22. The monoisotopic (exact) mass is 296 g/mol. The molecule has 6 heteroatoms. The SMILES string of the molecule is Cc1cccc(CN(C)S(=O)(=O)c2cc(N)cs2)c1. The summed E-state index contributed by atoms with van der Waals surface area (Å²) in [6.07, 6.45) is 0. The molecule has 19 heavy (non-hydrogen) atoms. The summed E-state index contributed by atoms with van der Waals surface area (Å²) in [5, 5.41) is 1.63. The Hall–Kier alpha value is -1.37. The summed E-state index contributed by atoms with van der Waals surface area (Å²) in [6.45, 7) is 2.33.